The molecule has 0 radical (unpaired) electrons. The Bertz CT molecular complexity index is 279. The lowest BCUT2D eigenvalue weighted by Gasteiger charge is -2.39. The van der Waals surface area contributed by atoms with Gasteiger partial charge in [0.2, 0.25) is 0 Å². The van der Waals surface area contributed by atoms with Gasteiger partial charge in [-0.3, -0.25) is 4.79 Å². The summed E-state index contributed by atoms with van der Waals surface area (Å²) >= 11 is 0. The van der Waals surface area contributed by atoms with Crippen LogP contribution in [-0.2, 0) is 4.79 Å². The number of ketones is 1. The van der Waals surface area contributed by atoms with Gasteiger partial charge in [0.25, 0.3) is 0 Å². The van der Waals surface area contributed by atoms with Gasteiger partial charge >= 0.3 is 6.03 Å². The first kappa shape index (κ1) is 9.45. The summed E-state index contributed by atoms with van der Waals surface area (Å²) in [6, 6.07) is -0.279. The second-order valence-corrected chi connectivity index (χ2v) is 3.92. The Kier molecular flexibility index (Phi) is 2.19. The molecule has 0 aromatic heterocycles. The molecule has 0 unspecified atom stereocenters. The summed E-state index contributed by atoms with van der Waals surface area (Å²) in [5, 5.41) is 3.60. The van der Waals surface area contributed by atoms with Gasteiger partial charge in [-0.05, 0) is 13.3 Å². The van der Waals surface area contributed by atoms with Crippen molar-refractivity contribution >= 4 is 11.8 Å². The summed E-state index contributed by atoms with van der Waals surface area (Å²) in [5.41, 5.74) is 0. The number of urea groups is 1. The largest absolute Gasteiger partial charge is 0.335 e. The lowest BCUT2D eigenvalue weighted by Crippen LogP contribution is -2.58. The van der Waals surface area contributed by atoms with Gasteiger partial charge in [0.05, 0.1) is 0 Å². The zero-order chi connectivity index (χ0) is 10.3. The van der Waals surface area contributed by atoms with Gasteiger partial charge in [-0.25, -0.2) is 14.8 Å². The standard InChI is InChI=1S/C9H15N3O2/c1-7(13)8-3-4-11-6-5-10(2)9(14)12(8)11/h8H,3-6H2,1-2H3/t8-/m0/s1. The average molecular weight is 197 g/mol. The molecule has 0 N–H and O–H groups in total. The summed E-state index contributed by atoms with van der Waals surface area (Å²) in [5.74, 6) is 0.0798. The second-order valence-electron chi connectivity index (χ2n) is 3.92. The van der Waals surface area contributed by atoms with E-state index in [2.05, 4.69) is 0 Å². The molecule has 78 valence electrons. The summed E-state index contributed by atoms with van der Waals surface area (Å²) in [6.45, 7) is 3.96. The maximum Gasteiger partial charge on any atom is 0.335 e. The molecule has 2 amide bonds. The van der Waals surface area contributed by atoms with Gasteiger partial charge in [-0.15, -0.1) is 0 Å². The fourth-order valence-electron chi connectivity index (χ4n) is 2.08. The predicted molar refractivity (Wildman–Crippen MR) is 50.5 cm³/mol. The lowest BCUT2D eigenvalue weighted by molar-refractivity contribution is -0.124. The summed E-state index contributed by atoms with van der Waals surface area (Å²) in [7, 11) is 1.77. The van der Waals surface area contributed by atoms with Gasteiger partial charge in [0.1, 0.15) is 6.04 Å². The van der Waals surface area contributed by atoms with Crippen LogP contribution in [0, 0.1) is 0 Å². The molecule has 0 bridgehead atoms. The lowest BCUT2D eigenvalue weighted by atomic mass is 10.1. The highest BCUT2D eigenvalue weighted by Crippen LogP contribution is 2.23. The van der Waals surface area contributed by atoms with E-state index in [9.17, 15) is 9.59 Å². The van der Waals surface area contributed by atoms with E-state index in [-0.39, 0.29) is 17.9 Å². The molecule has 0 aromatic carbocycles. The Morgan fingerprint density at radius 2 is 2.07 bits per heavy atom. The van der Waals surface area contributed by atoms with Crippen molar-refractivity contribution in [3.63, 3.8) is 0 Å². The van der Waals surface area contributed by atoms with Gasteiger partial charge in [0.15, 0.2) is 5.78 Å². The molecule has 0 saturated carbocycles. The maximum absolute atomic E-state index is 11.8. The highest BCUT2D eigenvalue weighted by atomic mass is 16.2. The molecule has 2 heterocycles. The van der Waals surface area contributed by atoms with Gasteiger partial charge in [-0.2, -0.15) is 0 Å². The van der Waals surface area contributed by atoms with Crippen molar-refractivity contribution < 1.29 is 9.59 Å². The van der Waals surface area contributed by atoms with E-state index < -0.39 is 0 Å². The molecule has 5 nitrogen and oxygen atoms in total. The van der Waals surface area contributed by atoms with Crippen LogP contribution < -0.4 is 0 Å². The fourth-order valence-corrected chi connectivity index (χ4v) is 2.08. The van der Waals surface area contributed by atoms with E-state index in [0.29, 0.717) is 0 Å². The average Bonchev–Trinajstić information content (AvgIpc) is 2.55. The SMILES string of the molecule is CC(=O)[C@@H]1CCN2CCN(C)C(=O)N12. The number of amides is 2. The van der Waals surface area contributed by atoms with Crippen LogP contribution in [0.5, 0.6) is 0 Å². The molecule has 2 saturated heterocycles. The number of hydrazine groups is 1. The zero-order valence-electron chi connectivity index (χ0n) is 8.56. The Balaban J connectivity index is 2.20. The summed E-state index contributed by atoms with van der Waals surface area (Å²) < 4.78 is 0. The third kappa shape index (κ3) is 1.28. The van der Waals surface area contributed by atoms with E-state index in [1.54, 1.807) is 23.9 Å². The second kappa shape index (κ2) is 3.24. The molecule has 2 rings (SSSR count). The van der Waals surface area contributed by atoms with Crippen LogP contribution in [0.1, 0.15) is 13.3 Å². The predicted octanol–water partition coefficient (Wildman–Crippen LogP) is -0.0679. The van der Waals surface area contributed by atoms with Crippen LogP contribution in [0.15, 0.2) is 0 Å². The van der Waals surface area contributed by atoms with Crippen LogP contribution >= 0.6 is 0 Å². The van der Waals surface area contributed by atoms with Crippen LogP contribution in [-0.4, -0.2) is 59.5 Å². The van der Waals surface area contributed by atoms with Crippen molar-refractivity contribution in [2.45, 2.75) is 19.4 Å². The minimum Gasteiger partial charge on any atom is -0.325 e. The van der Waals surface area contributed by atoms with Gasteiger partial charge < -0.3 is 4.90 Å². The number of fused-ring (bicyclic) bond motifs is 1. The molecular weight excluding hydrogens is 182 g/mol. The Hall–Kier alpha value is -1.10. The van der Waals surface area contributed by atoms with Crippen molar-refractivity contribution in [1.29, 1.82) is 0 Å². The van der Waals surface area contributed by atoms with E-state index in [1.165, 1.54) is 0 Å². The van der Waals surface area contributed by atoms with E-state index in [1.807, 2.05) is 5.01 Å². The number of rotatable bonds is 1. The minimum atomic E-state index is -0.231. The molecule has 2 aliphatic heterocycles. The number of likely N-dealkylation sites (N-methyl/N-ethyl adjacent to an activating group) is 1. The number of carbonyl (C=O) groups is 2. The molecule has 14 heavy (non-hydrogen) atoms. The third-order valence-electron chi connectivity index (χ3n) is 2.95. The molecule has 1 atom stereocenters. The topological polar surface area (TPSA) is 43.9 Å². The van der Waals surface area contributed by atoms with E-state index >= 15 is 0 Å². The number of hydrogen-bond donors (Lipinski definition) is 0. The fraction of sp³-hybridized carbons (Fsp3) is 0.778. The van der Waals surface area contributed by atoms with Crippen molar-refractivity contribution in [2.75, 3.05) is 26.7 Å². The normalized spacial score (nSPS) is 28.1. The molecule has 2 aliphatic rings. The number of hydrogen-bond acceptors (Lipinski definition) is 3. The monoisotopic (exact) mass is 197 g/mol. The first-order chi connectivity index (χ1) is 6.61. The summed E-state index contributed by atoms with van der Waals surface area (Å²) in [6.07, 6.45) is 0.773. The zero-order valence-corrected chi connectivity index (χ0v) is 8.56. The van der Waals surface area contributed by atoms with Crippen LogP contribution in [0.3, 0.4) is 0 Å². The quantitative estimate of drug-likeness (QED) is 0.591. The van der Waals surface area contributed by atoms with E-state index in [4.69, 9.17) is 0 Å². The van der Waals surface area contributed by atoms with Crippen molar-refractivity contribution in [2.24, 2.45) is 0 Å². The maximum atomic E-state index is 11.8. The van der Waals surface area contributed by atoms with Gasteiger partial charge in [-0.1, -0.05) is 0 Å². The first-order valence-electron chi connectivity index (χ1n) is 4.91. The van der Waals surface area contributed by atoms with E-state index in [0.717, 1.165) is 26.1 Å². The molecule has 0 aromatic rings. The van der Waals surface area contributed by atoms with Crippen LogP contribution in [0.25, 0.3) is 0 Å². The number of carbonyl (C=O) groups excluding carboxylic acids is 2. The van der Waals surface area contributed by atoms with Crippen molar-refractivity contribution in [1.82, 2.24) is 14.9 Å². The number of Topliss-reactive ketones (excluding diaryl/α,β-unsaturated/α-hetero) is 1. The van der Waals surface area contributed by atoms with Crippen molar-refractivity contribution in [3.8, 4) is 0 Å². The minimum absolute atomic E-state index is 0.0473. The Labute approximate surface area is 83.2 Å². The highest BCUT2D eigenvalue weighted by molar-refractivity contribution is 5.87. The summed E-state index contributed by atoms with van der Waals surface area (Å²) in [4.78, 5) is 24.8. The molecule has 0 spiro atoms. The molecular formula is C9H15N3O2. The Morgan fingerprint density at radius 1 is 1.36 bits per heavy atom. The number of nitrogens with zero attached hydrogens (tertiary/aromatic N) is 3. The molecule has 5 heteroatoms. The smallest absolute Gasteiger partial charge is 0.325 e. The van der Waals surface area contributed by atoms with Gasteiger partial charge in [0, 0.05) is 26.7 Å². The molecule has 0 aliphatic carbocycles. The highest BCUT2D eigenvalue weighted by Gasteiger charge is 2.41. The van der Waals surface area contributed by atoms with Crippen LogP contribution in [0.2, 0.25) is 0 Å². The first-order valence-corrected chi connectivity index (χ1v) is 4.91. The third-order valence-corrected chi connectivity index (χ3v) is 2.95. The molecule has 2 fully saturated rings. The van der Waals surface area contributed by atoms with Crippen molar-refractivity contribution in [3.05, 3.63) is 0 Å². The Morgan fingerprint density at radius 3 is 2.71 bits per heavy atom. The van der Waals surface area contributed by atoms with Crippen LogP contribution in [0.4, 0.5) is 4.79 Å².